The van der Waals surface area contributed by atoms with Gasteiger partial charge in [0.15, 0.2) is 0 Å². The Kier molecular flexibility index (Phi) is 8.23. The second-order valence-corrected chi connectivity index (χ2v) is 7.32. The van der Waals surface area contributed by atoms with Crippen molar-refractivity contribution in [1.82, 2.24) is 9.80 Å². The zero-order valence-electron chi connectivity index (χ0n) is 17.8. The topological polar surface area (TPSA) is 53.8 Å². The molecule has 2 aromatic carbocycles. The smallest absolute Gasteiger partial charge is 0.247 e. The lowest BCUT2D eigenvalue weighted by Gasteiger charge is -2.26. The molecule has 0 N–H and O–H groups in total. The van der Waals surface area contributed by atoms with Gasteiger partial charge in [-0.25, -0.2) is 0 Å². The molecule has 3 rings (SSSR count). The quantitative estimate of drug-likeness (QED) is 0.448. The van der Waals surface area contributed by atoms with Gasteiger partial charge in [-0.2, -0.15) is 0 Å². The fourth-order valence-corrected chi connectivity index (χ4v) is 3.26. The molecule has 2 amide bonds. The average molecular weight is 417 g/mol. The van der Waals surface area contributed by atoms with Crippen molar-refractivity contribution >= 4 is 17.9 Å². The monoisotopic (exact) mass is 416 g/mol. The highest BCUT2D eigenvalue weighted by atomic mass is 16.3. The maximum Gasteiger partial charge on any atom is 0.247 e. The lowest BCUT2D eigenvalue weighted by Crippen LogP contribution is -2.42. The molecule has 0 saturated heterocycles. The van der Waals surface area contributed by atoms with E-state index in [1.807, 2.05) is 79.7 Å². The van der Waals surface area contributed by atoms with Crippen LogP contribution in [-0.2, 0) is 22.7 Å². The number of carbonyl (C=O) groups is 2. The molecule has 160 valence electrons. The molecule has 0 aliphatic carbocycles. The predicted molar refractivity (Wildman–Crippen MR) is 122 cm³/mol. The summed E-state index contributed by atoms with van der Waals surface area (Å²) in [6.45, 7) is 3.35. The van der Waals surface area contributed by atoms with E-state index in [4.69, 9.17) is 4.42 Å². The number of benzene rings is 2. The third kappa shape index (κ3) is 7.00. The van der Waals surface area contributed by atoms with Gasteiger partial charge in [-0.3, -0.25) is 9.59 Å². The molecule has 0 radical (unpaired) electrons. The molecule has 0 fully saturated rings. The summed E-state index contributed by atoms with van der Waals surface area (Å²) in [7, 11) is 0. The standard InChI is InChI=1S/C26H28N2O3/c1-2-17-27(25(29)16-15-22-10-5-3-6-11-22)21-26(30)28(20-24-14-9-18-31-24)19-23-12-7-4-8-13-23/h3-16,18H,2,17,19-21H2,1H3. The van der Waals surface area contributed by atoms with Crippen LogP contribution in [0.3, 0.4) is 0 Å². The summed E-state index contributed by atoms with van der Waals surface area (Å²) in [6.07, 6.45) is 5.68. The van der Waals surface area contributed by atoms with E-state index in [1.165, 1.54) is 6.08 Å². The summed E-state index contributed by atoms with van der Waals surface area (Å²) in [5.41, 5.74) is 1.97. The van der Waals surface area contributed by atoms with E-state index in [0.29, 0.717) is 25.4 Å². The van der Waals surface area contributed by atoms with Gasteiger partial charge < -0.3 is 14.2 Å². The molecule has 3 aromatic rings. The van der Waals surface area contributed by atoms with Crippen LogP contribution in [0.4, 0.5) is 0 Å². The number of rotatable bonds is 10. The van der Waals surface area contributed by atoms with Crippen molar-refractivity contribution in [2.45, 2.75) is 26.4 Å². The van der Waals surface area contributed by atoms with Crippen LogP contribution in [0, 0.1) is 0 Å². The molecular formula is C26H28N2O3. The summed E-state index contributed by atoms with van der Waals surface area (Å²) >= 11 is 0. The summed E-state index contributed by atoms with van der Waals surface area (Å²) in [5.74, 6) is 0.425. The van der Waals surface area contributed by atoms with Gasteiger partial charge in [0, 0.05) is 19.2 Å². The third-order valence-corrected chi connectivity index (χ3v) is 4.85. The minimum Gasteiger partial charge on any atom is -0.467 e. The first-order valence-electron chi connectivity index (χ1n) is 10.5. The Morgan fingerprint density at radius 2 is 1.58 bits per heavy atom. The van der Waals surface area contributed by atoms with Crippen LogP contribution in [0.5, 0.6) is 0 Å². The molecule has 0 unspecified atom stereocenters. The van der Waals surface area contributed by atoms with E-state index in [2.05, 4.69) is 0 Å². The van der Waals surface area contributed by atoms with Gasteiger partial charge in [0.25, 0.3) is 0 Å². The highest BCUT2D eigenvalue weighted by Gasteiger charge is 2.21. The number of amides is 2. The second-order valence-electron chi connectivity index (χ2n) is 7.32. The molecule has 0 saturated carbocycles. The summed E-state index contributed by atoms with van der Waals surface area (Å²) < 4.78 is 5.45. The van der Waals surface area contributed by atoms with Gasteiger partial charge in [0.1, 0.15) is 12.3 Å². The molecule has 0 spiro atoms. The van der Waals surface area contributed by atoms with Gasteiger partial charge in [-0.05, 0) is 35.8 Å². The first kappa shape index (κ1) is 22.1. The van der Waals surface area contributed by atoms with Crippen molar-refractivity contribution in [3.8, 4) is 0 Å². The van der Waals surface area contributed by atoms with Crippen LogP contribution >= 0.6 is 0 Å². The molecule has 0 aliphatic heterocycles. The van der Waals surface area contributed by atoms with E-state index < -0.39 is 0 Å². The van der Waals surface area contributed by atoms with Crippen LogP contribution < -0.4 is 0 Å². The Bertz CT molecular complexity index is 966. The van der Waals surface area contributed by atoms with E-state index >= 15 is 0 Å². The Morgan fingerprint density at radius 1 is 0.871 bits per heavy atom. The Hall–Kier alpha value is -3.60. The maximum absolute atomic E-state index is 13.2. The van der Waals surface area contributed by atoms with Crippen molar-refractivity contribution in [2.24, 2.45) is 0 Å². The minimum absolute atomic E-state index is 0.0271. The van der Waals surface area contributed by atoms with E-state index in [-0.39, 0.29) is 18.4 Å². The fourth-order valence-electron chi connectivity index (χ4n) is 3.26. The van der Waals surface area contributed by atoms with Gasteiger partial charge in [-0.1, -0.05) is 67.6 Å². The van der Waals surface area contributed by atoms with Crippen molar-refractivity contribution in [3.63, 3.8) is 0 Å². The highest BCUT2D eigenvalue weighted by molar-refractivity contribution is 5.94. The van der Waals surface area contributed by atoms with Gasteiger partial charge in [0.2, 0.25) is 11.8 Å². The first-order chi connectivity index (χ1) is 15.2. The number of furan rings is 1. The average Bonchev–Trinajstić information content (AvgIpc) is 3.31. The normalized spacial score (nSPS) is 10.9. The van der Waals surface area contributed by atoms with Crippen LogP contribution in [-0.4, -0.2) is 34.7 Å². The van der Waals surface area contributed by atoms with E-state index in [9.17, 15) is 9.59 Å². The maximum atomic E-state index is 13.2. The Labute approximate surface area is 183 Å². The zero-order valence-corrected chi connectivity index (χ0v) is 17.8. The third-order valence-electron chi connectivity index (χ3n) is 4.85. The van der Waals surface area contributed by atoms with Crippen LogP contribution in [0.2, 0.25) is 0 Å². The molecular weight excluding hydrogens is 388 g/mol. The van der Waals surface area contributed by atoms with Crippen molar-refractivity contribution in [3.05, 3.63) is 102 Å². The lowest BCUT2D eigenvalue weighted by atomic mass is 10.2. The van der Waals surface area contributed by atoms with Crippen molar-refractivity contribution < 1.29 is 14.0 Å². The largest absolute Gasteiger partial charge is 0.467 e. The Balaban J connectivity index is 1.71. The summed E-state index contributed by atoms with van der Waals surface area (Å²) in [5, 5.41) is 0. The Morgan fingerprint density at radius 3 is 2.23 bits per heavy atom. The predicted octanol–water partition coefficient (Wildman–Crippen LogP) is 4.76. The number of hydrogen-bond donors (Lipinski definition) is 0. The fraction of sp³-hybridized carbons (Fsp3) is 0.231. The van der Waals surface area contributed by atoms with Gasteiger partial charge in [0.05, 0.1) is 12.8 Å². The van der Waals surface area contributed by atoms with Gasteiger partial charge >= 0.3 is 0 Å². The molecule has 0 aliphatic rings. The zero-order chi connectivity index (χ0) is 21.9. The lowest BCUT2D eigenvalue weighted by molar-refractivity contribution is -0.139. The SMILES string of the molecule is CCCN(CC(=O)N(Cc1ccccc1)Cc1ccco1)C(=O)C=Cc1ccccc1. The molecule has 1 aromatic heterocycles. The molecule has 5 nitrogen and oxygen atoms in total. The van der Waals surface area contributed by atoms with Crippen LogP contribution in [0.15, 0.2) is 89.6 Å². The van der Waals surface area contributed by atoms with Gasteiger partial charge in [-0.15, -0.1) is 0 Å². The second kappa shape index (κ2) is 11.6. The molecule has 5 heteroatoms. The molecule has 0 bridgehead atoms. The van der Waals surface area contributed by atoms with E-state index in [0.717, 1.165) is 17.5 Å². The molecule has 1 heterocycles. The van der Waals surface area contributed by atoms with Crippen LogP contribution in [0.25, 0.3) is 6.08 Å². The number of carbonyl (C=O) groups excluding carboxylic acids is 2. The van der Waals surface area contributed by atoms with Crippen molar-refractivity contribution in [2.75, 3.05) is 13.1 Å². The number of hydrogen-bond acceptors (Lipinski definition) is 3. The van der Waals surface area contributed by atoms with E-state index in [1.54, 1.807) is 22.1 Å². The number of nitrogens with zero attached hydrogens (tertiary/aromatic N) is 2. The molecule has 0 atom stereocenters. The highest BCUT2D eigenvalue weighted by Crippen LogP contribution is 2.12. The van der Waals surface area contributed by atoms with Crippen LogP contribution in [0.1, 0.15) is 30.2 Å². The minimum atomic E-state index is -0.170. The van der Waals surface area contributed by atoms with Crippen molar-refractivity contribution in [1.29, 1.82) is 0 Å². The summed E-state index contributed by atoms with van der Waals surface area (Å²) in [6, 6.07) is 23.1. The summed E-state index contributed by atoms with van der Waals surface area (Å²) in [4.78, 5) is 29.3. The first-order valence-corrected chi connectivity index (χ1v) is 10.5. The molecule has 31 heavy (non-hydrogen) atoms.